The number of carbonyl (C=O) groups is 2. The summed E-state index contributed by atoms with van der Waals surface area (Å²) in [5, 5.41) is 19.0. The minimum absolute atomic E-state index is 0.0883. The predicted molar refractivity (Wildman–Crippen MR) is 101 cm³/mol. The first kappa shape index (κ1) is 20.0. The second kappa shape index (κ2) is 7.96. The summed E-state index contributed by atoms with van der Waals surface area (Å²) >= 11 is 3.25. The molecule has 142 valence electrons. The van der Waals surface area contributed by atoms with Gasteiger partial charge in [-0.2, -0.15) is 0 Å². The van der Waals surface area contributed by atoms with Gasteiger partial charge in [-0.25, -0.2) is 9.59 Å². The summed E-state index contributed by atoms with van der Waals surface area (Å²) in [6.07, 6.45) is 1.52. The maximum atomic E-state index is 12.1. The number of anilines is 1. The van der Waals surface area contributed by atoms with Crippen molar-refractivity contribution in [2.24, 2.45) is 0 Å². The van der Waals surface area contributed by atoms with Gasteiger partial charge in [0, 0.05) is 15.6 Å². The van der Waals surface area contributed by atoms with Gasteiger partial charge in [0.15, 0.2) is 11.5 Å². The van der Waals surface area contributed by atoms with Gasteiger partial charge < -0.3 is 30.4 Å². The van der Waals surface area contributed by atoms with Crippen LogP contribution >= 0.6 is 15.9 Å². The second-order valence-corrected chi connectivity index (χ2v) is 6.04. The number of pyridine rings is 1. The van der Waals surface area contributed by atoms with Crippen LogP contribution in [0, 0.1) is 0 Å². The topological polar surface area (TPSA) is 152 Å². The maximum absolute atomic E-state index is 12.1. The number of halogens is 1. The van der Waals surface area contributed by atoms with Crippen LogP contribution in [0.25, 0.3) is 11.1 Å². The van der Waals surface area contributed by atoms with E-state index >= 15 is 0 Å². The van der Waals surface area contributed by atoms with Crippen molar-refractivity contribution < 1.29 is 29.3 Å². The number of hydrogen-bond acceptors (Lipinski definition) is 6. The molecule has 0 aliphatic carbocycles. The molecule has 0 amide bonds. The normalized spacial score (nSPS) is 10.3. The van der Waals surface area contributed by atoms with Gasteiger partial charge >= 0.3 is 11.9 Å². The van der Waals surface area contributed by atoms with Crippen molar-refractivity contribution in [3.8, 4) is 22.6 Å². The molecular weight excluding hydrogens is 424 g/mol. The first-order chi connectivity index (χ1) is 12.7. The molecule has 0 spiro atoms. The SMILES string of the molecule is C=CCOc1cc(Br)c(-c2c(C(=O)O)c(N)[nH]c(=O)c2C(=O)O)cc1OC. The van der Waals surface area contributed by atoms with Gasteiger partial charge in [-0.3, -0.25) is 4.79 Å². The lowest BCUT2D eigenvalue weighted by molar-refractivity contribution is 0.0695. The summed E-state index contributed by atoms with van der Waals surface area (Å²) in [5.41, 5.74) is 3.04. The van der Waals surface area contributed by atoms with Crippen molar-refractivity contribution in [1.29, 1.82) is 0 Å². The summed E-state index contributed by atoms with van der Waals surface area (Å²) < 4.78 is 11.0. The Morgan fingerprint density at radius 2 is 1.89 bits per heavy atom. The number of nitrogens with two attached hydrogens (primary N) is 1. The third-order valence-electron chi connectivity index (χ3n) is 3.55. The average molecular weight is 439 g/mol. The predicted octanol–water partition coefficient (Wildman–Crippen LogP) is 2.36. The van der Waals surface area contributed by atoms with E-state index in [4.69, 9.17) is 15.2 Å². The van der Waals surface area contributed by atoms with Crippen molar-refractivity contribution in [1.82, 2.24) is 4.98 Å². The van der Waals surface area contributed by atoms with Crippen LogP contribution in [0.2, 0.25) is 0 Å². The molecule has 0 unspecified atom stereocenters. The molecule has 27 heavy (non-hydrogen) atoms. The number of nitrogen functional groups attached to an aromatic ring is 1. The Morgan fingerprint density at radius 3 is 2.41 bits per heavy atom. The number of carboxylic acid groups (broad SMARTS) is 2. The van der Waals surface area contributed by atoms with Gasteiger partial charge in [0.25, 0.3) is 5.56 Å². The fourth-order valence-corrected chi connectivity index (χ4v) is 2.98. The van der Waals surface area contributed by atoms with Crippen LogP contribution < -0.4 is 20.8 Å². The molecule has 0 radical (unpaired) electrons. The highest BCUT2D eigenvalue weighted by Gasteiger charge is 2.28. The summed E-state index contributed by atoms with van der Waals surface area (Å²) in [7, 11) is 1.36. The number of nitrogens with one attached hydrogen (secondary N) is 1. The number of benzene rings is 1. The first-order valence-corrected chi connectivity index (χ1v) is 8.16. The third kappa shape index (κ3) is 3.80. The Balaban J connectivity index is 2.92. The maximum Gasteiger partial charge on any atom is 0.342 e. The van der Waals surface area contributed by atoms with E-state index in [1.807, 2.05) is 4.98 Å². The Bertz CT molecular complexity index is 998. The van der Waals surface area contributed by atoms with E-state index in [1.165, 1.54) is 25.3 Å². The number of aromatic nitrogens is 1. The second-order valence-electron chi connectivity index (χ2n) is 5.19. The zero-order valence-electron chi connectivity index (χ0n) is 14.0. The Labute approximate surface area is 161 Å². The molecule has 1 heterocycles. The van der Waals surface area contributed by atoms with Crippen molar-refractivity contribution >= 4 is 33.7 Å². The van der Waals surface area contributed by atoms with E-state index in [0.717, 1.165) is 0 Å². The van der Waals surface area contributed by atoms with Gasteiger partial charge in [0.05, 0.1) is 7.11 Å². The van der Waals surface area contributed by atoms with E-state index in [2.05, 4.69) is 22.5 Å². The monoisotopic (exact) mass is 438 g/mol. The van der Waals surface area contributed by atoms with E-state index in [1.54, 1.807) is 0 Å². The summed E-state index contributed by atoms with van der Waals surface area (Å²) in [5.74, 6) is -3.07. The van der Waals surface area contributed by atoms with Crippen LogP contribution in [-0.2, 0) is 0 Å². The van der Waals surface area contributed by atoms with Crippen molar-refractivity contribution in [3.05, 3.63) is 50.7 Å². The molecule has 1 aromatic heterocycles. The van der Waals surface area contributed by atoms with E-state index in [0.29, 0.717) is 5.75 Å². The average Bonchev–Trinajstić information content (AvgIpc) is 2.58. The van der Waals surface area contributed by atoms with Crippen molar-refractivity contribution in [2.45, 2.75) is 0 Å². The molecular formula is C17H15BrN2O7. The highest BCUT2D eigenvalue weighted by Crippen LogP contribution is 2.41. The highest BCUT2D eigenvalue weighted by molar-refractivity contribution is 9.10. The fraction of sp³-hybridized carbons (Fsp3) is 0.118. The number of methoxy groups -OCH3 is 1. The van der Waals surface area contributed by atoms with Crippen LogP contribution in [0.15, 0.2) is 34.1 Å². The molecule has 0 fully saturated rings. The summed E-state index contributed by atoms with van der Waals surface area (Å²) in [4.78, 5) is 37.5. The lowest BCUT2D eigenvalue weighted by atomic mass is 9.95. The number of aromatic carboxylic acids is 2. The zero-order valence-corrected chi connectivity index (χ0v) is 15.6. The van der Waals surface area contributed by atoms with Gasteiger partial charge in [0.1, 0.15) is 23.6 Å². The van der Waals surface area contributed by atoms with E-state index < -0.39 is 34.4 Å². The molecule has 0 atom stereocenters. The molecule has 0 saturated heterocycles. The van der Waals surface area contributed by atoms with E-state index in [-0.39, 0.29) is 28.0 Å². The number of aromatic amines is 1. The van der Waals surface area contributed by atoms with Gasteiger partial charge in [-0.1, -0.05) is 28.6 Å². The quantitative estimate of drug-likeness (QED) is 0.480. The standard InChI is InChI=1S/C17H15BrN2O7/c1-3-4-27-10-6-8(18)7(5-9(10)26-2)11-12(16(22)23)14(19)20-15(21)13(11)17(24)25/h3,5-6H,1,4H2,2H3,(H,22,23)(H,24,25)(H3,19,20,21). The number of ether oxygens (including phenoxy) is 2. The minimum atomic E-state index is -1.60. The summed E-state index contributed by atoms with van der Waals surface area (Å²) in [6, 6.07) is 2.82. The molecule has 9 nitrogen and oxygen atoms in total. The van der Waals surface area contributed by atoms with Crippen LogP contribution in [-0.4, -0.2) is 40.9 Å². The van der Waals surface area contributed by atoms with Crippen LogP contribution in [0.1, 0.15) is 20.7 Å². The number of hydrogen-bond donors (Lipinski definition) is 4. The number of rotatable bonds is 7. The van der Waals surface area contributed by atoms with Gasteiger partial charge in [0.2, 0.25) is 0 Å². The first-order valence-electron chi connectivity index (χ1n) is 7.36. The highest BCUT2D eigenvalue weighted by atomic mass is 79.9. The summed E-state index contributed by atoms with van der Waals surface area (Å²) in [6.45, 7) is 3.72. The third-order valence-corrected chi connectivity index (χ3v) is 4.21. The molecule has 1 aromatic carbocycles. The Hall–Kier alpha value is -3.27. The van der Waals surface area contributed by atoms with Crippen LogP contribution in [0.4, 0.5) is 5.82 Å². The largest absolute Gasteiger partial charge is 0.493 e. The molecule has 5 N–H and O–H groups in total. The fourth-order valence-electron chi connectivity index (χ4n) is 2.46. The molecule has 0 aliphatic rings. The zero-order chi connectivity index (χ0) is 20.3. The Kier molecular flexibility index (Phi) is 5.91. The van der Waals surface area contributed by atoms with Gasteiger partial charge in [-0.05, 0) is 12.1 Å². The molecule has 10 heteroatoms. The number of H-pyrrole nitrogens is 1. The Morgan fingerprint density at radius 1 is 1.26 bits per heavy atom. The van der Waals surface area contributed by atoms with Gasteiger partial charge in [-0.15, -0.1) is 0 Å². The molecule has 0 saturated carbocycles. The smallest absolute Gasteiger partial charge is 0.342 e. The molecule has 2 aromatic rings. The minimum Gasteiger partial charge on any atom is -0.493 e. The number of carboxylic acids is 2. The molecule has 0 aliphatic heterocycles. The van der Waals surface area contributed by atoms with Crippen molar-refractivity contribution in [3.63, 3.8) is 0 Å². The lowest BCUT2D eigenvalue weighted by Crippen LogP contribution is -2.24. The molecule has 2 rings (SSSR count). The lowest BCUT2D eigenvalue weighted by Gasteiger charge is -2.16. The van der Waals surface area contributed by atoms with Crippen LogP contribution in [0.5, 0.6) is 11.5 Å². The van der Waals surface area contributed by atoms with E-state index in [9.17, 15) is 24.6 Å². The van der Waals surface area contributed by atoms with Crippen LogP contribution in [0.3, 0.4) is 0 Å². The molecule has 0 bridgehead atoms. The van der Waals surface area contributed by atoms with Crippen molar-refractivity contribution in [2.75, 3.05) is 19.5 Å².